The van der Waals surface area contributed by atoms with E-state index in [1.165, 1.54) is 0 Å². The first-order valence-electron chi connectivity index (χ1n) is 6.71. The highest BCUT2D eigenvalue weighted by Gasteiger charge is 2.44. The predicted octanol–water partition coefficient (Wildman–Crippen LogP) is 2.68. The molecule has 0 atom stereocenters. The summed E-state index contributed by atoms with van der Waals surface area (Å²) in [5.74, 6) is -0.177. The Balaban J connectivity index is 1.80. The van der Waals surface area contributed by atoms with Crippen molar-refractivity contribution in [1.82, 2.24) is 5.32 Å². The summed E-state index contributed by atoms with van der Waals surface area (Å²) in [4.78, 5) is 12.5. The summed E-state index contributed by atoms with van der Waals surface area (Å²) in [6.45, 7) is 0. The second-order valence-corrected chi connectivity index (χ2v) is 5.81. The zero-order chi connectivity index (χ0) is 14.2. The quantitative estimate of drug-likeness (QED) is 0.732. The van der Waals surface area contributed by atoms with Gasteiger partial charge in [0.25, 0.3) is 5.91 Å². The molecule has 0 unspecified atom stereocenters. The Morgan fingerprint density at radius 1 is 1.30 bits per heavy atom. The maximum absolute atomic E-state index is 12.2. The van der Waals surface area contributed by atoms with Gasteiger partial charge in [-0.15, -0.1) is 0 Å². The molecule has 3 rings (SSSR count). The lowest BCUT2D eigenvalue weighted by atomic mass is 9.72. The molecular weight excluding hydrogens is 272 g/mol. The summed E-state index contributed by atoms with van der Waals surface area (Å²) in [6, 6.07) is 9.38. The number of aliphatic hydroxyl groups is 1. The van der Waals surface area contributed by atoms with Gasteiger partial charge in [-0.3, -0.25) is 4.79 Å². The summed E-state index contributed by atoms with van der Waals surface area (Å²) in [7, 11) is 0. The van der Waals surface area contributed by atoms with Crippen molar-refractivity contribution in [1.29, 1.82) is 0 Å². The first-order valence-corrected chi connectivity index (χ1v) is 7.12. The second kappa shape index (κ2) is 4.90. The Labute approximate surface area is 122 Å². The van der Waals surface area contributed by atoms with Crippen molar-refractivity contribution in [2.75, 3.05) is 5.32 Å². The van der Waals surface area contributed by atoms with Crippen LogP contribution in [-0.2, 0) is 4.79 Å². The minimum atomic E-state index is -0.276. The molecule has 1 aromatic rings. The van der Waals surface area contributed by atoms with E-state index in [1.807, 2.05) is 30.3 Å². The molecule has 1 amide bonds. The molecule has 2 aliphatic rings. The largest absolute Gasteiger partial charge is 0.511 e. The predicted molar refractivity (Wildman–Crippen MR) is 81.7 cm³/mol. The summed E-state index contributed by atoms with van der Waals surface area (Å²) in [5.41, 5.74) is 0.767. The zero-order valence-corrected chi connectivity index (χ0v) is 11.8. The fourth-order valence-electron chi connectivity index (χ4n) is 2.74. The van der Waals surface area contributed by atoms with Crippen molar-refractivity contribution in [3.63, 3.8) is 0 Å². The van der Waals surface area contributed by atoms with Crippen LogP contribution >= 0.6 is 12.2 Å². The number of amides is 1. The number of benzene rings is 1. The molecule has 1 spiro atoms. The van der Waals surface area contributed by atoms with Gasteiger partial charge in [-0.1, -0.05) is 30.4 Å². The van der Waals surface area contributed by atoms with E-state index in [0.29, 0.717) is 6.42 Å². The summed E-state index contributed by atoms with van der Waals surface area (Å²) in [5, 5.41) is 16.2. The normalized spacial score (nSPS) is 20.3. The standard InChI is InChI=1S/C15H16N2O2S/c18-11-9-15(7-4-8-15)17-13(19)12(11)14(20)16-10-5-2-1-3-6-10/h1-3,5-6,18H,4,7-9H2,(H,16,20)(H,17,19). The molecule has 1 fully saturated rings. The van der Waals surface area contributed by atoms with Gasteiger partial charge >= 0.3 is 0 Å². The fourth-order valence-corrected chi connectivity index (χ4v) is 3.07. The second-order valence-electron chi connectivity index (χ2n) is 5.41. The molecule has 1 aliphatic carbocycles. The Hall–Kier alpha value is -1.88. The molecule has 5 heteroatoms. The maximum Gasteiger partial charge on any atom is 0.258 e. The third-order valence-corrected chi connectivity index (χ3v) is 4.28. The number of para-hydroxylation sites is 1. The van der Waals surface area contributed by atoms with E-state index in [2.05, 4.69) is 10.6 Å². The smallest absolute Gasteiger partial charge is 0.258 e. The number of carbonyl (C=O) groups excluding carboxylic acids is 1. The topological polar surface area (TPSA) is 61.4 Å². The molecule has 0 radical (unpaired) electrons. The third kappa shape index (κ3) is 2.29. The highest BCUT2D eigenvalue weighted by atomic mass is 32.1. The van der Waals surface area contributed by atoms with Crippen molar-refractivity contribution in [2.45, 2.75) is 31.2 Å². The lowest BCUT2D eigenvalue weighted by Gasteiger charge is -2.45. The summed E-state index contributed by atoms with van der Waals surface area (Å²) in [6.07, 6.45) is 3.42. The minimum Gasteiger partial charge on any atom is -0.511 e. The molecule has 1 aliphatic heterocycles. The first kappa shape index (κ1) is 13.1. The highest BCUT2D eigenvalue weighted by molar-refractivity contribution is 7.81. The van der Waals surface area contributed by atoms with E-state index in [0.717, 1.165) is 24.9 Å². The van der Waals surface area contributed by atoms with Gasteiger partial charge in [0.05, 0.1) is 0 Å². The van der Waals surface area contributed by atoms with Crippen LogP contribution in [0.3, 0.4) is 0 Å². The number of rotatable bonds is 2. The third-order valence-electron chi connectivity index (χ3n) is 3.97. The van der Waals surface area contributed by atoms with Crippen molar-refractivity contribution < 1.29 is 9.90 Å². The van der Waals surface area contributed by atoms with Crippen LogP contribution in [0.4, 0.5) is 5.69 Å². The average Bonchev–Trinajstić information content (AvgIpc) is 2.37. The Kier molecular flexibility index (Phi) is 3.22. The number of hydrogen-bond acceptors (Lipinski definition) is 3. The van der Waals surface area contributed by atoms with Gasteiger partial charge in [0.1, 0.15) is 16.3 Å². The van der Waals surface area contributed by atoms with Crippen molar-refractivity contribution >= 4 is 28.8 Å². The van der Waals surface area contributed by atoms with Crippen LogP contribution < -0.4 is 10.6 Å². The van der Waals surface area contributed by atoms with Gasteiger partial charge in [0, 0.05) is 17.6 Å². The monoisotopic (exact) mass is 288 g/mol. The maximum atomic E-state index is 12.2. The first-order chi connectivity index (χ1) is 9.60. The van der Waals surface area contributed by atoms with Crippen LogP contribution in [0, 0.1) is 0 Å². The van der Waals surface area contributed by atoms with E-state index in [1.54, 1.807) is 0 Å². The van der Waals surface area contributed by atoms with E-state index < -0.39 is 0 Å². The molecular formula is C15H16N2O2S. The van der Waals surface area contributed by atoms with Crippen LogP contribution in [0.25, 0.3) is 0 Å². The van der Waals surface area contributed by atoms with Crippen molar-refractivity contribution in [3.05, 3.63) is 41.7 Å². The number of anilines is 1. The highest BCUT2D eigenvalue weighted by Crippen LogP contribution is 2.40. The molecule has 1 aromatic carbocycles. The number of hydrogen-bond donors (Lipinski definition) is 3. The van der Waals surface area contributed by atoms with Gasteiger partial charge < -0.3 is 15.7 Å². The summed E-state index contributed by atoms with van der Waals surface area (Å²) >= 11 is 5.25. The van der Waals surface area contributed by atoms with Gasteiger partial charge in [-0.25, -0.2) is 0 Å². The molecule has 0 bridgehead atoms. The molecule has 1 heterocycles. The van der Waals surface area contributed by atoms with Gasteiger partial charge in [-0.2, -0.15) is 0 Å². The van der Waals surface area contributed by atoms with E-state index in [4.69, 9.17) is 12.2 Å². The van der Waals surface area contributed by atoms with E-state index >= 15 is 0 Å². The van der Waals surface area contributed by atoms with E-state index in [-0.39, 0.29) is 27.8 Å². The van der Waals surface area contributed by atoms with E-state index in [9.17, 15) is 9.90 Å². The van der Waals surface area contributed by atoms with Crippen LogP contribution in [0.15, 0.2) is 41.7 Å². The van der Waals surface area contributed by atoms with Crippen LogP contribution in [0.1, 0.15) is 25.7 Å². The molecule has 104 valence electrons. The van der Waals surface area contributed by atoms with Crippen molar-refractivity contribution in [2.24, 2.45) is 0 Å². The molecule has 3 N–H and O–H groups in total. The average molecular weight is 288 g/mol. The molecule has 1 saturated carbocycles. The molecule has 4 nitrogen and oxygen atoms in total. The Morgan fingerprint density at radius 3 is 2.55 bits per heavy atom. The molecule has 20 heavy (non-hydrogen) atoms. The lowest BCUT2D eigenvalue weighted by molar-refractivity contribution is -0.121. The SMILES string of the molecule is O=C1NC2(CCC2)CC(O)=C1C(=S)Nc1ccccc1. The molecule has 0 saturated heterocycles. The lowest BCUT2D eigenvalue weighted by Crippen LogP contribution is -2.57. The van der Waals surface area contributed by atoms with Crippen LogP contribution in [-0.4, -0.2) is 21.5 Å². The Morgan fingerprint density at radius 2 is 2.00 bits per heavy atom. The van der Waals surface area contributed by atoms with Gasteiger partial charge in [0.2, 0.25) is 0 Å². The Bertz CT molecular complexity index is 591. The van der Waals surface area contributed by atoms with Crippen LogP contribution in [0.2, 0.25) is 0 Å². The minimum absolute atomic E-state index is 0.0990. The zero-order valence-electron chi connectivity index (χ0n) is 11.0. The number of nitrogens with one attached hydrogen (secondary N) is 2. The number of carbonyl (C=O) groups is 1. The van der Waals surface area contributed by atoms with Crippen molar-refractivity contribution in [3.8, 4) is 0 Å². The fraction of sp³-hybridized carbons (Fsp3) is 0.333. The number of thiocarbonyl (C=S) groups is 1. The van der Waals surface area contributed by atoms with Gasteiger partial charge in [0.15, 0.2) is 0 Å². The van der Waals surface area contributed by atoms with Gasteiger partial charge in [-0.05, 0) is 31.4 Å². The number of aliphatic hydroxyl groups excluding tert-OH is 1. The van der Waals surface area contributed by atoms with Crippen LogP contribution in [0.5, 0.6) is 0 Å². The molecule has 0 aromatic heterocycles. The summed E-state index contributed by atoms with van der Waals surface area (Å²) < 4.78 is 0.